The summed E-state index contributed by atoms with van der Waals surface area (Å²) in [7, 11) is -3.60. The van der Waals surface area contributed by atoms with Gasteiger partial charge in [0, 0.05) is 31.5 Å². The van der Waals surface area contributed by atoms with Crippen LogP contribution in [0.5, 0.6) is 0 Å². The molecule has 0 bridgehead atoms. The molecule has 0 amide bonds. The summed E-state index contributed by atoms with van der Waals surface area (Å²) in [5, 5.41) is 8.35. The van der Waals surface area contributed by atoms with Gasteiger partial charge in [-0.3, -0.25) is 9.48 Å². The van der Waals surface area contributed by atoms with Crippen molar-refractivity contribution in [2.24, 2.45) is 5.92 Å². The molecular weight excluding hydrogens is 442 g/mol. The second-order valence-corrected chi connectivity index (χ2v) is 10.8. The molecule has 10 heteroatoms. The normalized spacial score (nSPS) is 19.7. The van der Waals surface area contributed by atoms with Crippen LogP contribution in [0.4, 0.5) is 11.5 Å². The van der Waals surface area contributed by atoms with Gasteiger partial charge in [-0.05, 0) is 55.5 Å². The van der Waals surface area contributed by atoms with Crippen LogP contribution in [-0.2, 0) is 21.3 Å². The fourth-order valence-electron chi connectivity index (χ4n) is 4.31. The first-order valence-corrected chi connectivity index (χ1v) is 13.0. The number of hydrogen-bond donors (Lipinski definition) is 2. The number of pyridine rings is 1. The number of anilines is 2. The van der Waals surface area contributed by atoms with E-state index >= 15 is 0 Å². The first-order valence-electron chi connectivity index (χ1n) is 11.5. The molecule has 1 unspecified atom stereocenters. The Hall–Kier alpha value is -2.69. The molecule has 3 heterocycles. The Kier molecular flexibility index (Phi) is 5.98. The first-order chi connectivity index (χ1) is 16.0. The Morgan fingerprint density at radius 1 is 1.21 bits per heavy atom. The maximum absolute atomic E-state index is 13.1. The number of nitrogens with one attached hydrogen (secondary N) is 2. The van der Waals surface area contributed by atoms with Gasteiger partial charge in [0.15, 0.2) is 5.82 Å². The zero-order chi connectivity index (χ0) is 23.0. The summed E-state index contributed by atoms with van der Waals surface area (Å²) in [5.74, 6) is 1.08. The Bertz CT molecular complexity index is 1290. The van der Waals surface area contributed by atoms with Crippen LogP contribution in [0.25, 0.3) is 10.9 Å². The molecule has 33 heavy (non-hydrogen) atoms. The molecule has 1 aliphatic heterocycles. The lowest BCUT2D eigenvalue weighted by atomic mass is 10.2. The highest BCUT2D eigenvalue weighted by Gasteiger charge is 2.30. The highest BCUT2D eigenvalue weighted by atomic mass is 32.2. The number of ether oxygens (including phenoxy) is 1. The highest BCUT2D eigenvalue weighted by molar-refractivity contribution is 7.89. The average molecular weight is 472 g/mol. The van der Waals surface area contributed by atoms with Crippen molar-refractivity contribution in [3.8, 4) is 0 Å². The molecule has 2 N–H and O–H groups in total. The summed E-state index contributed by atoms with van der Waals surface area (Å²) in [6.07, 6.45) is 5.74. The van der Waals surface area contributed by atoms with Gasteiger partial charge in [0.1, 0.15) is 5.39 Å². The predicted octanol–water partition coefficient (Wildman–Crippen LogP) is 3.07. The molecule has 0 spiro atoms. The molecule has 3 aromatic rings. The average Bonchev–Trinajstić information content (AvgIpc) is 3.56. The van der Waals surface area contributed by atoms with Gasteiger partial charge in [0.2, 0.25) is 10.0 Å². The third kappa shape index (κ3) is 4.55. The summed E-state index contributed by atoms with van der Waals surface area (Å²) in [6, 6.07) is 8.46. The van der Waals surface area contributed by atoms with Crippen LogP contribution in [0.3, 0.4) is 0 Å². The number of fused-ring (bicyclic) bond motifs is 1. The van der Waals surface area contributed by atoms with Crippen LogP contribution in [0, 0.1) is 5.92 Å². The van der Waals surface area contributed by atoms with Gasteiger partial charge in [-0.1, -0.05) is 13.3 Å². The summed E-state index contributed by atoms with van der Waals surface area (Å²) in [4.78, 5) is 15.5. The van der Waals surface area contributed by atoms with E-state index in [4.69, 9.17) is 4.74 Å². The molecular formula is C23H29N5O4S. The van der Waals surface area contributed by atoms with E-state index < -0.39 is 10.0 Å². The van der Waals surface area contributed by atoms with Crippen LogP contribution in [0.15, 0.2) is 46.2 Å². The van der Waals surface area contributed by atoms with E-state index in [9.17, 15) is 13.2 Å². The van der Waals surface area contributed by atoms with E-state index in [0.29, 0.717) is 42.5 Å². The van der Waals surface area contributed by atoms with Crippen molar-refractivity contribution in [3.05, 3.63) is 46.9 Å². The molecule has 1 aliphatic carbocycles. The Balaban J connectivity index is 1.37. The molecule has 9 nitrogen and oxygen atoms in total. The molecule has 2 aromatic heterocycles. The number of rotatable bonds is 8. The molecule has 1 aromatic carbocycles. The lowest BCUT2D eigenvalue weighted by molar-refractivity contribution is -0.00579. The smallest absolute Gasteiger partial charge is 0.261 e. The number of sulfonamides is 1. The zero-order valence-electron chi connectivity index (χ0n) is 18.7. The minimum Gasteiger partial charge on any atom is -0.375 e. The molecule has 5 rings (SSSR count). The van der Waals surface area contributed by atoms with Gasteiger partial charge in [-0.2, -0.15) is 9.40 Å². The van der Waals surface area contributed by atoms with E-state index in [0.717, 1.165) is 24.9 Å². The lowest BCUT2D eigenvalue weighted by Gasteiger charge is -2.32. The van der Waals surface area contributed by atoms with Gasteiger partial charge in [-0.25, -0.2) is 8.42 Å². The maximum atomic E-state index is 13.1. The van der Waals surface area contributed by atoms with Crippen LogP contribution in [0.1, 0.15) is 32.6 Å². The monoisotopic (exact) mass is 471 g/mol. The number of aromatic nitrogens is 3. The van der Waals surface area contributed by atoms with Gasteiger partial charge in [0.25, 0.3) is 5.56 Å². The fraction of sp³-hybridized carbons (Fsp3) is 0.478. The van der Waals surface area contributed by atoms with Crippen molar-refractivity contribution < 1.29 is 13.2 Å². The molecule has 1 atom stereocenters. The summed E-state index contributed by atoms with van der Waals surface area (Å²) < 4.78 is 35.3. The molecule has 0 radical (unpaired) electrons. The number of morpholine rings is 1. The minimum atomic E-state index is -3.60. The van der Waals surface area contributed by atoms with Crippen LogP contribution in [-0.4, -0.2) is 53.3 Å². The zero-order valence-corrected chi connectivity index (χ0v) is 19.5. The molecule has 176 valence electrons. The quantitative estimate of drug-likeness (QED) is 0.523. The van der Waals surface area contributed by atoms with Crippen molar-refractivity contribution in [3.63, 3.8) is 0 Å². The fourth-order valence-corrected chi connectivity index (χ4v) is 5.77. The number of H-pyrrole nitrogens is 1. The van der Waals surface area contributed by atoms with Crippen molar-refractivity contribution in [1.82, 2.24) is 19.1 Å². The number of hydrogen-bond acceptors (Lipinski definition) is 6. The van der Waals surface area contributed by atoms with Gasteiger partial charge in [-0.15, -0.1) is 0 Å². The van der Waals surface area contributed by atoms with E-state index in [1.165, 1.54) is 17.1 Å². The minimum absolute atomic E-state index is 0.0587. The van der Waals surface area contributed by atoms with Crippen molar-refractivity contribution >= 4 is 32.4 Å². The molecule has 1 saturated heterocycles. The molecule has 2 aliphatic rings. The second kappa shape index (κ2) is 8.92. The largest absolute Gasteiger partial charge is 0.375 e. The van der Waals surface area contributed by atoms with Gasteiger partial charge < -0.3 is 15.0 Å². The Labute approximate surface area is 192 Å². The summed E-state index contributed by atoms with van der Waals surface area (Å²) in [6.45, 7) is 4.00. The number of aromatic amines is 1. The van der Waals surface area contributed by atoms with Crippen LogP contribution in [0.2, 0.25) is 0 Å². The Morgan fingerprint density at radius 2 is 2.00 bits per heavy atom. The molecule has 2 fully saturated rings. The maximum Gasteiger partial charge on any atom is 0.261 e. The van der Waals surface area contributed by atoms with Crippen LogP contribution < -0.4 is 10.9 Å². The van der Waals surface area contributed by atoms with Crippen molar-refractivity contribution in [2.45, 2.75) is 50.2 Å². The van der Waals surface area contributed by atoms with E-state index in [1.54, 1.807) is 30.5 Å². The predicted molar refractivity (Wildman–Crippen MR) is 126 cm³/mol. The molecule has 1 saturated carbocycles. The SMILES string of the molecule is CCCC1CN(S(=O)(=O)c2ccc(Nc3nn(CC4CC4)c4cc[nH]c(=O)c34)cc2)CCO1. The third-order valence-corrected chi connectivity index (χ3v) is 8.15. The topological polar surface area (TPSA) is 109 Å². The third-order valence-electron chi connectivity index (χ3n) is 6.27. The number of nitrogens with zero attached hydrogens (tertiary/aromatic N) is 3. The van der Waals surface area contributed by atoms with E-state index in [-0.39, 0.29) is 16.6 Å². The van der Waals surface area contributed by atoms with E-state index in [1.807, 2.05) is 10.7 Å². The van der Waals surface area contributed by atoms with Gasteiger partial charge >= 0.3 is 0 Å². The highest BCUT2D eigenvalue weighted by Crippen LogP contribution is 2.33. The van der Waals surface area contributed by atoms with Gasteiger partial charge in [0.05, 0.1) is 23.1 Å². The lowest BCUT2D eigenvalue weighted by Crippen LogP contribution is -2.45. The van der Waals surface area contributed by atoms with Crippen molar-refractivity contribution in [2.75, 3.05) is 25.0 Å². The van der Waals surface area contributed by atoms with Crippen LogP contribution >= 0.6 is 0 Å². The number of benzene rings is 1. The summed E-state index contributed by atoms with van der Waals surface area (Å²) >= 11 is 0. The second-order valence-electron chi connectivity index (χ2n) is 8.84. The standard InChI is InChI=1S/C23H29N5O4S/c1-2-3-18-15-27(12-13-32-18)33(30,31)19-8-6-17(7-9-19)25-22-21-20(10-11-24-23(21)29)28(26-22)14-16-4-5-16/h6-11,16,18H,2-5,12-15H2,1H3,(H,24,29)(H,25,26). The van der Waals surface area contributed by atoms with E-state index in [2.05, 4.69) is 22.3 Å². The Morgan fingerprint density at radius 3 is 2.73 bits per heavy atom. The first kappa shape index (κ1) is 22.1. The summed E-state index contributed by atoms with van der Waals surface area (Å²) in [5.41, 5.74) is 1.26. The van der Waals surface area contributed by atoms with Crippen molar-refractivity contribution in [1.29, 1.82) is 0 Å².